The van der Waals surface area contributed by atoms with Crippen molar-refractivity contribution >= 4 is 16.0 Å². The summed E-state index contributed by atoms with van der Waals surface area (Å²) < 4.78 is 31.4. The fourth-order valence-electron chi connectivity index (χ4n) is 1.91. The number of esters is 1. The molecule has 0 fully saturated rings. The van der Waals surface area contributed by atoms with Gasteiger partial charge >= 0.3 is 5.97 Å². The van der Waals surface area contributed by atoms with E-state index in [-0.39, 0.29) is 12.4 Å². The van der Waals surface area contributed by atoms with Gasteiger partial charge in [-0.15, -0.1) is 0 Å². The molecule has 1 rings (SSSR count). The predicted molar refractivity (Wildman–Crippen MR) is 79.3 cm³/mol. The normalized spacial score (nSPS) is 12.2. The number of rotatable bonds is 7. The highest BCUT2D eigenvalue weighted by atomic mass is 32.2. The van der Waals surface area contributed by atoms with Gasteiger partial charge in [0.05, 0.1) is 18.4 Å². The van der Waals surface area contributed by atoms with Crippen molar-refractivity contribution in [3.63, 3.8) is 0 Å². The highest BCUT2D eigenvalue weighted by Crippen LogP contribution is 2.14. The number of aliphatic hydroxyl groups is 1. The van der Waals surface area contributed by atoms with Crippen molar-refractivity contribution in [2.45, 2.75) is 31.6 Å². The summed E-state index contributed by atoms with van der Waals surface area (Å²) in [6.07, 6.45) is 0.314. The molecule has 118 valence electrons. The quantitative estimate of drug-likeness (QED) is 0.734. The number of benzene rings is 1. The minimum atomic E-state index is -3.58. The molecule has 0 bridgehead atoms. The van der Waals surface area contributed by atoms with E-state index in [2.05, 4.69) is 9.46 Å². The van der Waals surface area contributed by atoms with Crippen LogP contribution in [0.15, 0.2) is 24.3 Å². The van der Waals surface area contributed by atoms with Crippen LogP contribution in [0.1, 0.15) is 36.2 Å². The maximum Gasteiger partial charge on any atom is 0.337 e. The topological polar surface area (TPSA) is 92.7 Å². The Labute approximate surface area is 125 Å². The average Bonchev–Trinajstić information content (AvgIpc) is 2.35. The van der Waals surface area contributed by atoms with Gasteiger partial charge in [0.1, 0.15) is 0 Å². The third-order valence-electron chi connectivity index (χ3n) is 2.87. The highest BCUT2D eigenvalue weighted by Gasteiger charge is 2.24. The van der Waals surface area contributed by atoms with E-state index in [9.17, 15) is 13.2 Å². The standard InChI is InChI=1S/C14H21NO5S/c1-14(2,7-8-16)15-21(18,19)10-11-5-4-6-12(9-11)13(17)20-3/h4-6,9,15-16H,7-8,10H2,1-3H3. The first-order valence-corrected chi connectivity index (χ1v) is 8.14. The summed E-state index contributed by atoms with van der Waals surface area (Å²) in [4.78, 5) is 11.4. The monoisotopic (exact) mass is 315 g/mol. The smallest absolute Gasteiger partial charge is 0.337 e. The van der Waals surface area contributed by atoms with Gasteiger partial charge in [-0.25, -0.2) is 17.9 Å². The lowest BCUT2D eigenvalue weighted by Gasteiger charge is -2.25. The van der Waals surface area contributed by atoms with Gasteiger partial charge in [-0.1, -0.05) is 12.1 Å². The van der Waals surface area contributed by atoms with E-state index < -0.39 is 21.5 Å². The number of methoxy groups -OCH3 is 1. The Morgan fingerprint density at radius 2 is 2.05 bits per heavy atom. The summed E-state index contributed by atoms with van der Waals surface area (Å²) in [5.41, 5.74) is 0.0677. The maximum atomic E-state index is 12.1. The molecule has 0 aromatic heterocycles. The van der Waals surface area contributed by atoms with E-state index in [1.807, 2.05) is 0 Å². The van der Waals surface area contributed by atoms with Crippen LogP contribution in [0.3, 0.4) is 0 Å². The summed E-state index contributed by atoms with van der Waals surface area (Å²) >= 11 is 0. The zero-order chi connectivity index (χ0) is 16.1. The van der Waals surface area contributed by atoms with Crippen molar-refractivity contribution in [3.8, 4) is 0 Å². The fraction of sp³-hybridized carbons (Fsp3) is 0.500. The van der Waals surface area contributed by atoms with Gasteiger partial charge in [0.2, 0.25) is 10.0 Å². The molecule has 6 nitrogen and oxygen atoms in total. The molecular formula is C14H21NO5S. The van der Waals surface area contributed by atoms with Gasteiger partial charge in [0.25, 0.3) is 0 Å². The van der Waals surface area contributed by atoms with Gasteiger partial charge in [-0.3, -0.25) is 0 Å². The first-order valence-electron chi connectivity index (χ1n) is 6.49. The second kappa shape index (κ2) is 7.02. The van der Waals surface area contributed by atoms with Gasteiger partial charge in [-0.2, -0.15) is 0 Å². The summed E-state index contributed by atoms with van der Waals surface area (Å²) in [5.74, 6) is -0.755. The molecule has 0 unspecified atom stereocenters. The molecule has 0 saturated carbocycles. The Bertz CT molecular complexity index is 595. The van der Waals surface area contributed by atoms with Crippen molar-refractivity contribution in [2.24, 2.45) is 0 Å². The summed E-state index contributed by atoms with van der Waals surface area (Å²) in [7, 11) is -2.31. The number of nitrogens with one attached hydrogen (secondary N) is 1. The van der Waals surface area contributed by atoms with Crippen LogP contribution in [0.4, 0.5) is 0 Å². The molecule has 0 spiro atoms. The first-order chi connectivity index (χ1) is 9.69. The molecule has 0 saturated heterocycles. The van der Waals surface area contributed by atoms with E-state index >= 15 is 0 Å². The largest absolute Gasteiger partial charge is 0.465 e. The molecule has 1 aromatic carbocycles. The Balaban J connectivity index is 2.87. The van der Waals surface area contributed by atoms with Crippen molar-refractivity contribution < 1.29 is 23.1 Å². The predicted octanol–water partition coefficient (Wildman–Crippen LogP) is 1.05. The summed E-state index contributed by atoms with van der Waals surface area (Å²) in [6.45, 7) is 3.30. The third-order valence-corrected chi connectivity index (χ3v) is 4.45. The zero-order valence-corrected chi connectivity index (χ0v) is 13.2. The number of hydrogen-bond donors (Lipinski definition) is 2. The maximum absolute atomic E-state index is 12.1. The van der Waals surface area contributed by atoms with Crippen LogP contribution in [0.2, 0.25) is 0 Å². The van der Waals surface area contributed by atoms with Crippen molar-refractivity contribution in [3.05, 3.63) is 35.4 Å². The third kappa shape index (κ3) is 5.82. The van der Waals surface area contributed by atoms with Gasteiger partial charge in [-0.05, 0) is 38.0 Å². The van der Waals surface area contributed by atoms with Gasteiger partial charge in [0.15, 0.2) is 0 Å². The number of sulfonamides is 1. The van der Waals surface area contributed by atoms with Crippen LogP contribution < -0.4 is 4.72 Å². The molecule has 0 aliphatic carbocycles. The molecule has 0 aliphatic heterocycles. The summed E-state index contributed by atoms with van der Waals surface area (Å²) in [6, 6.07) is 6.29. The SMILES string of the molecule is COC(=O)c1cccc(CS(=O)(=O)NC(C)(C)CCO)c1. The average molecular weight is 315 g/mol. The van der Waals surface area contributed by atoms with Gasteiger partial charge in [0, 0.05) is 12.1 Å². The number of carbonyl (C=O) groups is 1. The number of carbonyl (C=O) groups excluding carboxylic acids is 1. The molecule has 21 heavy (non-hydrogen) atoms. The zero-order valence-electron chi connectivity index (χ0n) is 12.4. The Hall–Kier alpha value is -1.44. The lowest BCUT2D eigenvalue weighted by molar-refractivity contribution is 0.0600. The molecule has 0 heterocycles. The van der Waals surface area contributed by atoms with E-state index in [1.54, 1.807) is 32.0 Å². The van der Waals surface area contributed by atoms with E-state index in [0.29, 0.717) is 17.5 Å². The number of ether oxygens (including phenoxy) is 1. The van der Waals surface area contributed by atoms with Crippen LogP contribution in [0, 0.1) is 0 Å². The van der Waals surface area contributed by atoms with E-state index in [4.69, 9.17) is 5.11 Å². The molecule has 0 radical (unpaired) electrons. The van der Waals surface area contributed by atoms with E-state index in [0.717, 1.165) is 0 Å². The molecule has 0 atom stereocenters. The van der Waals surface area contributed by atoms with E-state index in [1.165, 1.54) is 13.2 Å². The van der Waals surface area contributed by atoms with Crippen molar-refractivity contribution in [1.29, 1.82) is 0 Å². The van der Waals surface area contributed by atoms with Crippen LogP contribution in [-0.4, -0.2) is 38.7 Å². The van der Waals surface area contributed by atoms with Crippen LogP contribution >= 0.6 is 0 Å². The van der Waals surface area contributed by atoms with Crippen LogP contribution in [-0.2, 0) is 20.5 Å². The van der Waals surface area contributed by atoms with Crippen molar-refractivity contribution in [2.75, 3.05) is 13.7 Å². The fourth-order valence-corrected chi connectivity index (χ4v) is 3.55. The second-order valence-corrected chi connectivity index (χ2v) is 7.13. The molecular weight excluding hydrogens is 294 g/mol. The molecule has 1 aromatic rings. The molecule has 0 amide bonds. The Kier molecular flexibility index (Phi) is 5.88. The summed E-state index contributed by atoms with van der Waals surface area (Å²) in [5, 5.41) is 8.93. The minimum absolute atomic E-state index is 0.104. The highest BCUT2D eigenvalue weighted by molar-refractivity contribution is 7.88. The van der Waals surface area contributed by atoms with Crippen molar-refractivity contribution in [1.82, 2.24) is 4.72 Å². The molecule has 0 aliphatic rings. The minimum Gasteiger partial charge on any atom is -0.465 e. The van der Waals surface area contributed by atoms with Crippen LogP contribution in [0.5, 0.6) is 0 Å². The Morgan fingerprint density at radius 3 is 2.62 bits per heavy atom. The first kappa shape index (κ1) is 17.6. The second-order valence-electron chi connectivity index (χ2n) is 5.41. The number of aliphatic hydroxyl groups excluding tert-OH is 1. The lowest BCUT2D eigenvalue weighted by Crippen LogP contribution is -2.44. The lowest BCUT2D eigenvalue weighted by atomic mass is 10.0. The Morgan fingerprint density at radius 1 is 1.38 bits per heavy atom. The number of hydrogen-bond acceptors (Lipinski definition) is 5. The van der Waals surface area contributed by atoms with Crippen LogP contribution in [0.25, 0.3) is 0 Å². The molecule has 7 heteroatoms. The molecule has 2 N–H and O–H groups in total. The van der Waals surface area contributed by atoms with Gasteiger partial charge < -0.3 is 9.84 Å².